The number of benzene rings is 2. The van der Waals surface area contributed by atoms with Crippen LogP contribution in [0.5, 0.6) is 11.5 Å². The van der Waals surface area contributed by atoms with Crippen LogP contribution in [-0.2, 0) is 12.8 Å². The summed E-state index contributed by atoms with van der Waals surface area (Å²) in [5.74, 6) is 0.403. The molecule has 0 atom stereocenters. The molecule has 0 bridgehead atoms. The van der Waals surface area contributed by atoms with E-state index in [-0.39, 0.29) is 12.4 Å². The Kier molecular flexibility index (Phi) is 4.11. The maximum Gasteiger partial charge on any atom is 0.416 e. The molecule has 0 radical (unpaired) electrons. The fourth-order valence-corrected chi connectivity index (χ4v) is 2.02. The van der Waals surface area contributed by atoms with Gasteiger partial charge in [-0.15, -0.1) is 5.10 Å². The number of rotatable bonds is 4. The van der Waals surface area contributed by atoms with Crippen molar-refractivity contribution in [2.24, 2.45) is 0 Å². The Bertz CT molecular complexity index is 829. The molecule has 1 heterocycles. The van der Waals surface area contributed by atoms with Gasteiger partial charge >= 0.3 is 6.18 Å². The zero-order valence-corrected chi connectivity index (χ0v) is 12.2. The van der Waals surface area contributed by atoms with Gasteiger partial charge in [0, 0.05) is 6.07 Å². The third-order valence-electron chi connectivity index (χ3n) is 3.20. The first kappa shape index (κ1) is 15.9. The standard InChI is InChI=1S/C16H12F3N3O2/c17-16(18,19)11-4-6-15(7-5-11)24-10-12-9-22(21-20-12)13-2-1-3-14(23)8-13/h1-9,23H,10H2. The number of hydrogen-bond acceptors (Lipinski definition) is 4. The molecule has 2 aromatic carbocycles. The van der Waals surface area contributed by atoms with E-state index in [0.717, 1.165) is 12.1 Å². The Hall–Kier alpha value is -3.03. The minimum Gasteiger partial charge on any atom is -0.508 e. The fourth-order valence-electron chi connectivity index (χ4n) is 2.02. The van der Waals surface area contributed by atoms with Crippen LogP contribution in [0.1, 0.15) is 11.3 Å². The van der Waals surface area contributed by atoms with Gasteiger partial charge in [-0.05, 0) is 36.4 Å². The second-order valence-electron chi connectivity index (χ2n) is 4.99. The van der Waals surface area contributed by atoms with Crippen LogP contribution < -0.4 is 4.74 Å². The van der Waals surface area contributed by atoms with Gasteiger partial charge in [0.05, 0.1) is 17.4 Å². The van der Waals surface area contributed by atoms with E-state index in [0.29, 0.717) is 17.1 Å². The van der Waals surface area contributed by atoms with Crippen LogP contribution in [0, 0.1) is 0 Å². The largest absolute Gasteiger partial charge is 0.508 e. The number of nitrogens with zero attached hydrogens (tertiary/aromatic N) is 3. The van der Waals surface area contributed by atoms with Crippen molar-refractivity contribution in [2.75, 3.05) is 0 Å². The van der Waals surface area contributed by atoms with E-state index >= 15 is 0 Å². The van der Waals surface area contributed by atoms with Gasteiger partial charge in [-0.2, -0.15) is 13.2 Å². The molecule has 24 heavy (non-hydrogen) atoms. The normalized spacial score (nSPS) is 11.5. The van der Waals surface area contributed by atoms with Crippen molar-refractivity contribution in [2.45, 2.75) is 12.8 Å². The Balaban J connectivity index is 1.65. The van der Waals surface area contributed by atoms with E-state index < -0.39 is 11.7 Å². The SMILES string of the molecule is Oc1cccc(-n2cc(COc3ccc(C(F)(F)F)cc3)nn2)c1. The van der Waals surface area contributed by atoms with Crippen molar-refractivity contribution in [1.82, 2.24) is 15.0 Å². The van der Waals surface area contributed by atoms with Gasteiger partial charge in [0.1, 0.15) is 23.8 Å². The molecule has 0 aliphatic carbocycles. The second-order valence-corrected chi connectivity index (χ2v) is 4.99. The summed E-state index contributed by atoms with van der Waals surface area (Å²) >= 11 is 0. The molecule has 8 heteroatoms. The predicted octanol–water partition coefficient (Wildman–Crippen LogP) is 3.57. The van der Waals surface area contributed by atoms with E-state index in [9.17, 15) is 18.3 Å². The quantitative estimate of drug-likeness (QED) is 0.792. The van der Waals surface area contributed by atoms with Crippen molar-refractivity contribution < 1.29 is 23.0 Å². The maximum atomic E-state index is 12.5. The highest BCUT2D eigenvalue weighted by Gasteiger charge is 2.30. The first-order valence-corrected chi connectivity index (χ1v) is 6.92. The lowest BCUT2D eigenvalue weighted by molar-refractivity contribution is -0.137. The summed E-state index contributed by atoms with van der Waals surface area (Å²) in [6.45, 7) is 0.0597. The molecule has 3 aromatic rings. The van der Waals surface area contributed by atoms with Crippen molar-refractivity contribution >= 4 is 0 Å². The number of phenolic OH excluding ortho intramolecular Hbond substituents is 1. The Labute approximate surface area is 134 Å². The molecule has 0 spiro atoms. The number of alkyl halides is 3. The van der Waals surface area contributed by atoms with Crippen LogP contribution >= 0.6 is 0 Å². The summed E-state index contributed by atoms with van der Waals surface area (Å²) in [6, 6.07) is 10.9. The number of aromatic nitrogens is 3. The molecular formula is C16H12F3N3O2. The third kappa shape index (κ3) is 3.65. The van der Waals surface area contributed by atoms with Crippen LogP contribution in [0.4, 0.5) is 13.2 Å². The molecule has 0 aliphatic rings. The summed E-state index contributed by atoms with van der Waals surface area (Å²) in [6.07, 6.45) is -2.76. The molecule has 124 valence electrons. The average Bonchev–Trinajstić information content (AvgIpc) is 3.01. The number of hydrogen-bond donors (Lipinski definition) is 1. The lowest BCUT2D eigenvalue weighted by Crippen LogP contribution is -2.04. The van der Waals surface area contributed by atoms with Gasteiger partial charge in [-0.3, -0.25) is 0 Å². The fraction of sp³-hybridized carbons (Fsp3) is 0.125. The summed E-state index contributed by atoms with van der Waals surface area (Å²) in [5.41, 5.74) is 0.395. The molecular weight excluding hydrogens is 323 g/mol. The molecule has 1 aromatic heterocycles. The molecule has 0 aliphatic heterocycles. The highest BCUT2D eigenvalue weighted by atomic mass is 19.4. The van der Waals surface area contributed by atoms with E-state index in [1.807, 2.05) is 0 Å². The number of halogens is 3. The number of aromatic hydroxyl groups is 1. The van der Waals surface area contributed by atoms with Gasteiger partial charge in [-0.25, -0.2) is 4.68 Å². The third-order valence-corrected chi connectivity index (χ3v) is 3.20. The first-order valence-electron chi connectivity index (χ1n) is 6.92. The van der Waals surface area contributed by atoms with E-state index in [1.165, 1.54) is 28.9 Å². The molecule has 0 unspecified atom stereocenters. The van der Waals surface area contributed by atoms with Gasteiger partial charge < -0.3 is 9.84 Å². The van der Waals surface area contributed by atoms with Gasteiger partial charge in [0.15, 0.2) is 0 Å². The molecule has 0 saturated heterocycles. The average molecular weight is 335 g/mol. The summed E-state index contributed by atoms with van der Waals surface area (Å²) in [5, 5.41) is 17.3. The number of phenols is 1. The van der Waals surface area contributed by atoms with Crippen LogP contribution in [0.3, 0.4) is 0 Å². The number of ether oxygens (including phenoxy) is 1. The smallest absolute Gasteiger partial charge is 0.416 e. The van der Waals surface area contributed by atoms with Crippen LogP contribution in [-0.4, -0.2) is 20.1 Å². The molecule has 3 rings (SSSR count). The van der Waals surface area contributed by atoms with Crippen LogP contribution in [0.25, 0.3) is 5.69 Å². The maximum absolute atomic E-state index is 12.5. The van der Waals surface area contributed by atoms with Crippen molar-refractivity contribution in [3.8, 4) is 17.2 Å². The van der Waals surface area contributed by atoms with E-state index in [1.54, 1.807) is 18.3 Å². The van der Waals surface area contributed by atoms with E-state index in [4.69, 9.17) is 4.74 Å². The van der Waals surface area contributed by atoms with Crippen LogP contribution in [0.15, 0.2) is 54.7 Å². The molecule has 0 amide bonds. The van der Waals surface area contributed by atoms with Crippen molar-refractivity contribution in [3.05, 3.63) is 66.0 Å². The Morgan fingerprint density at radius 2 is 1.83 bits per heavy atom. The van der Waals surface area contributed by atoms with Gasteiger partial charge in [0.2, 0.25) is 0 Å². The lowest BCUT2D eigenvalue weighted by Gasteiger charge is -2.08. The second kappa shape index (κ2) is 6.23. The summed E-state index contributed by atoms with van der Waals surface area (Å²) < 4.78 is 44.3. The first-order chi connectivity index (χ1) is 11.4. The predicted molar refractivity (Wildman–Crippen MR) is 78.8 cm³/mol. The minimum atomic E-state index is -4.37. The lowest BCUT2D eigenvalue weighted by atomic mass is 10.2. The summed E-state index contributed by atoms with van der Waals surface area (Å²) in [7, 11) is 0. The topological polar surface area (TPSA) is 60.2 Å². The Morgan fingerprint density at radius 3 is 2.50 bits per heavy atom. The molecule has 0 saturated carbocycles. The molecule has 0 fully saturated rings. The molecule has 5 nitrogen and oxygen atoms in total. The monoisotopic (exact) mass is 335 g/mol. The van der Waals surface area contributed by atoms with Crippen molar-refractivity contribution in [3.63, 3.8) is 0 Å². The minimum absolute atomic E-state index is 0.0597. The van der Waals surface area contributed by atoms with E-state index in [2.05, 4.69) is 10.3 Å². The zero-order chi connectivity index (χ0) is 17.2. The summed E-state index contributed by atoms with van der Waals surface area (Å²) in [4.78, 5) is 0. The highest BCUT2D eigenvalue weighted by Crippen LogP contribution is 2.30. The Morgan fingerprint density at radius 1 is 1.08 bits per heavy atom. The molecule has 1 N–H and O–H groups in total. The highest BCUT2D eigenvalue weighted by molar-refractivity contribution is 5.37. The van der Waals surface area contributed by atoms with Gasteiger partial charge in [0.25, 0.3) is 0 Å². The van der Waals surface area contributed by atoms with Crippen molar-refractivity contribution in [1.29, 1.82) is 0 Å². The van der Waals surface area contributed by atoms with Crippen LogP contribution in [0.2, 0.25) is 0 Å². The zero-order valence-electron chi connectivity index (χ0n) is 12.2. The van der Waals surface area contributed by atoms with Gasteiger partial charge in [-0.1, -0.05) is 11.3 Å².